The van der Waals surface area contributed by atoms with E-state index in [1.807, 2.05) is 84.9 Å². The molecule has 0 spiro atoms. The first-order valence-corrected chi connectivity index (χ1v) is 14.6. The number of likely N-dealkylation sites (tertiary alicyclic amines) is 1. The summed E-state index contributed by atoms with van der Waals surface area (Å²) in [5.74, 6) is 0.966. The summed E-state index contributed by atoms with van der Waals surface area (Å²) in [4.78, 5) is 19.6. The average molecular weight is 563 g/mol. The summed E-state index contributed by atoms with van der Waals surface area (Å²) in [6.07, 6.45) is 3.29. The van der Waals surface area contributed by atoms with Gasteiger partial charge in [-0.25, -0.2) is 9.37 Å². The van der Waals surface area contributed by atoms with Crippen LogP contribution in [0.1, 0.15) is 29.5 Å². The van der Waals surface area contributed by atoms with Crippen molar-refractivity contribution in [2.45, 2.75) is 38.3 Å². The summed E-state index contributed by atoms with van der Waals surface area (Å²) < 4.78 is 21.2. The lowest BCUT2D eigenvalue weighted by molar-refractivity contribution is -0.133. The van der Waals surface area contributed by atoms with Crippen LogP contribution in [0.4, 0.5) is 10.3 Å². The zero-order valence-electron chi connectivity index (χ0n) is 23.6. The van der Waals surface area contributed by atoms with Crippen molar-refractivity contribution in [1.29, 1.82) is 0 Å². The van der Waals surface area contributed by atoms with Crippen LogP contribution >= 0.6 is 0 Å². The van der Waals surface area contributed by atoms with Crippen molar-refractivity contribution in [3.05, 3.63) is 126 Å². The monoisotopic (exact) mass is 562 g/mol. The van der Waals surface area contributed by atoms with Gasteiger partial charge in [-0.3, -0.25) is 4.79 Å². The third-order valence-electron chi connectivity index (χ3n) is 7.89. The smallest absolute Gasteiger partial charge is 0.315 e. The van der Waals surface area contributed by atoms with Crippen LogP contribution in [-0.4, -0.2) is 46.1 Å². The molecule has 4 aromatic carbocycles. The second-order valence-corrected chi connectivity index (χ2v) is 10.9. The highest BCUT2D eigenvalue weighted by Gasteiger charge is 2.21. The number of carbonyl (C=O) groups is 1. The third-order valence-corrected chi connectivity index (χ3v) is 7.89. The zero-order valence-corrected chi connectivity index (χ0v) is 23.6. The summed E-state index contributed by atoms with van der Waals surface area (Å²) in [5.41, 5.74) is 5.24. The maximum absolute atomic E-state index is 13.5. The number of piperidine rings is 1. The number of halogens is 1. The molecule has 0 unspecified atom stereocenters. The summed E-state index contributed by atoms with van der Waals surface area (Å²) in [6, 6.07) is 32.7. The van der Waals surface area contributed by atoms with Gasteiger partial charge in [-0.15, -0.1) is 0 Å². The van der Waals surface area contributed by atoms with E-state index in [0.717, 1.165) is 67.0 Å². The number of fused-ring (bicyclic) bond motifs is 1. The Hall–Kier alpha value is -4.49. The molecule has 1 fully saturated rings. The molecule has 214 valence electrons. The quantitative estimate of drug-likeness (QED) is 0.156. The number of imidazole rings is 1. The summed E-state index contributed by atoms with van der Waals surface area (Å²) in [5, 5.41) is 3.71. The average Bonchev–Trinajstić information content (AvgIpc) is 3.35. The maximum Gasteiger partial charge on any atom is 0.315 e. The van der Waals surface area contributed by atoms with E-state index in [-0.39, 0.29) is 18.2 Å². The van der Waals surface area contributed by atoms with Gasteiger partial charge < -0.3 is 19.5 Å². The zero-order chi connectivity index (χ0) is 28.7. The molecule has 5 aromatic rings. The van der Waals surface area contributed by atoms with E-state index in [4.69, 9.17) is 9.72 Å². The minimum absolute atomic E-state index is 0.226. The van der Waals surface area contributed by atoms with Gasteiger partial charge in [0.25, 0.3) is 0 Å². The van der Waals surface area contributed by atoms with Crippen molar-refractivity contribution < 1.29 is 13.9 Å². The van der Waals surface area contributed by atoms with E-state index in [9.17, 15) is 9.18 Å². The molecular formula is C35H35FN4O2. The number of hydrogen-bond donors (Lipinski definition) is 1. The Kier molecular flexibility index (Phi) is 8.56. The molecule has 7 heteroatoms. The number of anilines is 1. The molecule has 6 nitrogen and oxygen atoms in total. The molecule has 0 saturated carbocycles. The Labute approximate surface area is 245 Å². The fraction of sp³-hybridized carbons (Fsp3) is 0.257. The van der Waals surface area contributed by atoms with Crippen molar-refractivity contribution in [2.75, 3.05) is 25.0 Å². The Balaban J connectivity index is 0.990. The number of benzene rings is 4. The van der Waals surface area contributed by atoms with Crippen LogP contribution in [0.5, 0.6) is 5.75 Å². The van der Waals surface area contributed by atoms with Crippen LogP contribution in [0.25, 0.3) is 11.0 Å². The number of ether oxygens (including phenoxy) is 1. The molecule has 0 bridgehead atoms. The number of nitrogens with zero attached hydrogens (tertiary/aromatic N) is 3. The highest BCUT2D eigenvalue weighted by atomic mass is 19.1. The fourth-order valence-electron chi connectivity index (χ4n) is 5.54. The Morgan fingerprint density at radius 3 is 2.29 bits per heavy atom. The highest BCUT2D eigenvalue weighted by molar-refractivity contribution is 5.79. The second-order valence-electron chi connectivity index (χ2n) is 10.9. The maximum atomic E-state index is 13.5. The van der Waals surface area contributed by atoms with Gasteiger partial charge in [0.1, 0.15) is 11.6 Å². The lowest BCUT2D eigenvalue weighted by Gasteiger charge is -2.32. The highest BCUT2D eigenvalue weighted by Crippen LogP contribution is 2.24. The minimum atomic E-state index is -0.253. The van der Waals surface area contributed by atoms with E-state index in [1.54, 1.807) is 0 Å². The van der Waals surface area contributed by atoms with Crippen LogP contribution < -0.4 is 10.1 Å². The first-order valence-electron chi connectivity index (χ1n) is 14.6. The van der Waals surface area contributed by atoms with Gasteiger partial charge in [0.2, 0.25) is 5.95 Å². The van der Waals surface area contributed by atoms with Crippen molar-refractivity contribution in [1.82, 2.24) is 14.5 Å². The van der Waals surface area contributed by atoms with Crippen molar-refractivity contribution in [3.63, 3.8) is 0 Å². The van der Waals surface area contributed by atoms with Gasteiger partial charge in [-0.2, -0.15) is 0 Å². The molecule has 1 aromatic heterocycles. The minimum Gasteiger partial charge on any atom is -0.426 e. The number of esters is 1. The largest absolute Gasteiger partial charge is 0.426 e. The summed E-state index contributed by atoms with van der Waals surface area (Å²) in [6.45, 7) is 3.66. The number of hydrogen-bond acceptors (Lipinski definition) is 5. The summed E-state index contributed by atoms with van der Waals surface area (Å²) in [7, 11) is 0. The molecule has 0 radical (unpaired) electrons. The molecule has 2 heterocycles. The standard InChI is InChI=1S/C35H35FN4O2/c36-29-14-10-28(11-15-29)25-40-33-9-5-4-8-32(33)38-35(40)37-30-19-22-39(23-20-30)21-18-26-12-16-31(17-13-26)42-34(41)24-27-6-2-1-3-7-27/h1-17,30H,18-25H2,(H,37,38). The Morgan fingerprint density at radius 2 is 1.52 bits per heavy atom. The van der Waals surface area contributed by atoms with Crippen LogP contribution in [0.15, 0.2) is 103 Å². The molecule has 0 atom stereocenters. The molecule has 1 aliphatic heterocycles. The number of nitrogens with one attached hydrogen (secondary N) is 1. The van der Waals surface area contributed by atoms with E-state index < -0.39 is 0 Å². The molecule has 0 aliphatic carbocycles. The number of rotatable bonds is 10. The summed E-state index contributed by atoms with van der Waals surface area (Å²) >= 11 is 0. The lowest BCUT2D eigenvalue weighted by Crippen LogP contribution is -2.40. The van der Waals surface area contributed by atoms with Gasteiger partial charge in [-0.1, -0.05) is 66.7 Å². The normalized spacial score (nSPS) is 14.2. The molecule has 1 saturated heterocycles. The van der Waals surface area contributed by atoms with Gasteiger partial charge in [0, 0.05) is 25.7 Å². The topological polar surface area (TPSA) is 59.4 Å². The molecule has 1 N–H and O–H groups in total. The predicted molar refractivity (Wildman–Crippen MR) is 164 cm³/mol. The number of aromatic nitrogens is 2. The van der Waals surface area contributed by atoms with Crippen LogP contribution in [0.2, 0.25) is 0 Å². The number of para-hydroxylation sites is 2. The van der Waals surface area contributed by atoms with Gasteiger partial charge in [-0.05, 0) is 72.4 Å². The van der Waals surface area contributed by atoms with Crippen LogP contribution in [-0.2, 0) is 24.2 Å². The van der Waals surface area contributed by atoms with E-state index in [2.05, 4.69) is 20.9 Å². The van der Waals surface area contributed by atoms with E-state index >= 15 is 0 Å². The fourth-order valence-corrected chi connectivity index (χ4v) is 5.54. The van der Waals surface area contributed by atoms with E-state index in [1.165, 1.54) is 17.7 Å². The van der Waals surface area contributed by atoms with Crippen molar-refractivity contribution >= 4 is 23.0 Å². The molecule has 6 rings (SSSR count). The van der Waals surface area contributed by atoms with Crippen molar-refractivity contribution in [2.24, 2.45) is 0 Å². The van der Waals surface area contributed by atoms with Gasteiger partial charge in [0.05, 0.1) is 24.0 Å². The third kappa shape index (κ3) is 7.04. The molecule has 1 aliphatic rings. The van der Waals surface area contributed by atoms with Gasteiger partial charge in [0.15, 0.2) is 0 Å². The van der Waals surface area contributed by atoms with Crippen LogP contribution in [0.3, 0.4) is 0 Å². The first kappa shape index (κ1) is 27.7. The molecular weight excluding hydrogens is 527 g/mol. The molecule has 0 amide bonds. The van der Waals surface area contributed by atoms with Gasteiger partial charge >= 0.3 is 5.97 Å². The Morgan fingerprint density at radius 1 is 0.833 bits per heavy atom. The van der Waals surface area contributed by atoms with Crippen molar-refractivity contribution in [3.8, 4) is 5.75 Å². The Bertz CT molecular complexity index is 1610. The van der Waals surface area contributed by atoms with Crippen LogP contribution in [0, 0.1) is 5.82 Å². The first-order chi connectivity index (χ1) is 20.6. The SMILES string of the molecule is O=C(Cc1ccccc1)Oc1ccc(CCN2CCC(Nc3nc4ccccc4n3Cc3ccc(F)cc3)CC2)cc1. The second kappa shape index (κ2) is 13.0. The molecule has 42 heavy (non-hydrogen) atoms. The van der Waals surface area contributed by atoms with E-state index in [0.29, 0.717) is 18.3 Å². The number of carbonyl (C=O) groups excluding carboxylic acids is 1. The predicted octanol–water partition coefficient (Wildman–Crippen LogP) is 6.49. The lowest BCUT2D eigenvalue weighted by atomic mass is 10.0.